The summed E-state index contributed by atoms with van der Waals surface area (Å²) in [4.78, 5) is 25.2. The molecule has 0 radical (unpaired) electrons. The van der Waals surface area contributed by atoms with Crippen LogP contribution < -0.4 is 5.32 Å². The molecule has 1 aliphatic heterocycles. The molecular weight excluding hydrogens is 340 g/mol. The summed E-state index contributed by atoms with van der Waals surface area (Å²) in [6.07, 6.45) is 3.48. The van der Waals surface area contributed by atoms with E-state index < -0.39 is 11.6 Å². The number of rotatable bonds is 4. The average molecular weight is 362 g/mol. The highest BCUT2D eigenvalue weighted by atomic mass is 16.6. The minimum Gasteiger partial charge on any atom is -0.445 e. The molecule has 5 nitrogen and oxygen atoms in total. The summed E-state index contributed by atoms with van der Waals surface area (Å²) in [6.45, 7) is 4.76. The zero-order valence-corrected chi connectivity index (χ0v) is 15.5. The Morgan fingerprint density at radius 3 is 2.85 bits per heavy atom. The summed E-state index contributed by atoms with van der Waals surface area (Å²) < 4.78 is 7.70. The number of carbonyl (C=O) groups excluding carboxylic acids is 2. The normalized spacial score (nSPS) is 18.8. The van der Waals surface area contributed by atoms with Crippen LogP contribution in [0.5, 0.6) is 0 Å². The molecule has 0 aliphatic carbocycles. The first kappa shape index (κ1) is 17.3. The van der Waals surface area contributed by atoms with Gasteiger partial charge in [-0.3, -0.25) is 4.79 Å². The number of aromatic nitrogens is 1. The number of benzene rings is 2. The molecule has 2 aromatic carbocycles. The molecule has 1 aromatic heterocycles. The Labute approximate surface area is 157 Å². The fraction of sp³-hybridized carbons (Fsp3) is 0.273. The summed E-state index contributed by atoms with van der Waals surface area (Å²) in [5, 5.41) is 3.98. The molecule has 5 heteroatoms. The number of nitrogens with zero attached hydrogens (tertiary/aromatic N) is 1. The van der Waals surface area contributed by atoms with E-state index in [0.29, 0.717) is 17.7 Å². The van der Waals surface area contributed by atoms with E-state index in [9.17, 15) is 9.59 Å². The molecule has 1 aliphatic rings. The van der Waals surface area contributed by atoms with Crippen molar-refractivity contribution in [2.75, 3.05) is 5.32 Å². The van der Waals surface area contributed by atoms with Gasteiger partial charge < -0.3 is 14.6 Å². The second kappa shape index (κ2) is 6.58. The summed E-state index contributed by atoms with van der Waals surface area (Å²) in [7, 11) is 0. The predicted molar refractivity (Wildman–Crippen MR) is 105 cm³/mol. The number of anilines is 1. The van der Waals surface area contributed by atoms with Crippen molar-refractivity contribution < 1.29 is 14.3 Å². The van der Waals surface area contributed by atoms with Crippen molar-refractivity contribution in [1.29, 1.82) is 0 Å². The Kier molecular flexibility index (Phi) is 4.22. The molecule has 1 unspecified atom stereocenters. The van der Waals surface area contributed by atoms with Crippen LogP contribution in [0.1, 0.15) is 36.2 Å². The fourth-order valence-corrected chi connectivity index (χ4v) is 3.64. The zero-order valence-electron chi connectivity index (χ0n) is 15.5. The molecule has 0 spiro atoms. The molecule has 1 amide bonds. The van der Waals surface area contributed by atoms with E-state index >= 15 is 0 Å². The zero-order chi connectivity index (χ0) is 19.0. The van der Waals surface area contributed by atoms with Gasteiger partial charge >= 0.3 is 5.97 Å². The highest BCUT2D eigenvalue weighted by Gasteiger charge is 2.42. The lowest BCUT2D eigenvalue weighted by atomic mass is 9.89. The number of cyclic esters (lactones) is 1. The Morgan fingerprint density at radius 2 is 2.04 bits per heavy atom. The van der Waals surface area contributed by atoms with Crippen LogP contribution in [-0.2, 0) is 22.5 Å². The van der Waals surface area contributed by atoms with Gasteiger partial charge in [-0.15, -0.1) is 0 Å². The number of hydrogen-bond donors (Lipinski definition) is 1. The predicted octanol–water partition coefficient (Wildman–Crippen LogP) is 4.16. The van der Waals surface area contributed by atoms with Gasteiger partial charge in [-0.1, -0.05) is 25.1 Å². The minimum atomic E-state index is -1.23. The maximum atomic E-state index is 12.9. The Bertz CT molecular complexity index is 1040. The van der Waals surface area contributed by atoms with E-state index in [2.05, 4.69) is 23.0 Å². The van der Waals surface area contributed by atoms with Crippen LogP contribution in [0.25, 0.3) is 10.9 Å². The standard InChI is InChI=1S/C22H22N2O3/c1-3-11-24-12-10-15-13-17(8-9-19(15)24)23-21(26)22(2)14-16-6-4-5-7-18(16)20(25)27-22/h4-10,12-13H,3,11,14H2,1-2H3,(H,23,26). The summed E-state index contributed by atoms with van der Waals surface area (Å²) in [5.74, 6) is -0.778. The third-order valence-electron chi connectivity index (χ3n) is 5.06. The number of carbonyl (C=O) groups is 2. The van der Waals surface area contributed by atoms with Crippen LogP contribution in [0.15, 0.2) is 54.7 Å². The maximum absolute atomic E-state index is 12.9. The topological polar surface area (TPSA) is 60.3 Å². The lowest BCUT2D eigenvalue weighted by molar-refractivity contribution is -0.134. The average Bonchev–Trinajstić information content (AvgIpc) is 3.04. The van der Waals surface area contributed by atoms with E-state index in [1.54, 1.807) is 19.1 Å². The molecule has 1 atom stereocenters. The number of aryl methyl sites for hydroxylation is 1. The molecule has 0 saturated carbocycles. The second-order valence-electron chi connectivity index (χ2n) is 7.19. The van der Waals surface area contributed by atoms with Crippen LogP contribution in [-0.4, -0.2) is 22.0 Å². The number of fused-ring (bicyclic) bond motifs is 2. The first-order valence-electron chi connectivity index (χ1n) is 9.22. The van der Waals surface area contributed by atoms with Gasteiger partial charge in [-0.05, 0) is 49.2 Å². The molecule has 1 N–H and O–H groups in total. The van der Waals surface area contributed by atoms with Gasteiger partial charge in [0.2, 0.25) is 0 Å². The SMILES string of the molecule is CCCn1ccc2cc(NC(=O)C3(C)Cc4ccccc4C(=O)O3)ccc21. The van der Waals surface area contributed by atoms with E-state index in [1.165, 1.54) is 0 Å². The van der Waals surface area contributed by atoms with Gasteiger partial charge in [0.05, 0.1) is 5.56 Å². The monoisotopic (exact) mass is 362 g/mol. The number of nitrogens with one attached hydrogen (secondary N) is 1. The molecule has 138 valence electrons. The third-order valence-corrected chi connectivity index (χ3v) is 5.06. The smallest absolute Gasteiger partial charge is 0.339 e. The van der Waals surface area contributed by atoms with Gasteiger partial charge in [-0.2, -0.15) is 0 Å². The third kappa shape index (κ3) is 3.10. The van der Waals surface area contributed by atoms with E-state index in [-0.39, 0.29) is 5.91 Å². The second-order valence-corrected chi connectivity index (χ2v) is 7.19. The molecular formula is C22H22N2O3. The number of amides is 1. The van der Waals surface area contributed by atoms with Gasteiger partial charge in [-0.25, -0.2) is 4.79 Å². The number of ether oxygens (including phenoxy) is 1. The molecule has 2 heterocycles. The van der Waals surface area contributed by atoms with Crippen molar-refractivity contribution in [1.82, 2.24) is 4.57 Å². The maximum Gasteiger partial charge on any atom is 0.339 e. The molecule has 0 saturated heterocycles. The van der Waals surface area contributed by atoms with Gasteiger partial charge in [0.15, 0.2) is 5.60 Å². The van der Waals surface area contributed by atoms with Crippen LogP contribution in [0, 0.1) is 0 Å². The van der Waals surface area contributed by atoms with E-state index in [4.69, 9.17) is 4.74 Å². The quantitative estimate of drug-likeness (QED) is 0.709. The van der Waals surface area contributed by atoms with Crippen LogP contribution in [0.4, 0.5) is 5.69 Å². The van der Waals surface area contributed by atoms with Gasteiger partial charge in [0, 0.05) is 35.8 Å². The highest BCUT2D eigenvalue weighted by molar-refractivity contribution is 6.03. The lowest BCUT2D eigenvalue weighted by Gasteiger charge is -2.33. The van der Waals surface area contributed by atoms with Crippen LogP contribution >= 0.6 is 0 Å². The highest BCUT2D eigenvalue weighted by Crippen LogP contribution is 2.30. The lowest BCUT2D eigenvalue weighted by Crippen LogP contribution is -2.48. The number of hydrogen-bond acceptors (Lipinski definition) is 3. The Balaban J connectivity index is 1.57. The van der Waals surface area contributed by atoms with Crippen molar-refractivity contribution in [3.05, 3.63) is 65.9 Å². The molecule has 0 fully saturated rings. The van der Waals surface area contributed by atoms with E-state index in [0.717, 1.165) is 29.4 Å². The van der Waals surface area contributed by atoms with Crippen LogP contribution in [0.3, 0.4) is 0 Å². The first-order chi connectivity index (χ1) is 13.0. The summed E-state index contributed by atoms with van der Waals surface area (Å²) in [5.41, 5.74) is 1.96. The fourth-order valence-electron chi connectivity index (χ4n) is 3.64. The van der Waals surface area contributed by atoms with Gasteiger partial charge in [0.25, 0.3) is 5.91 Å². The molecule has 0 bridgehead atoms. The first-order valence-corrected chi connectivity index (χ1v) is 9.22. The number of esters is 1. The van der Waals surface area contributed by atoms with Crippen molar-refractivity contribution >= 4 is 28.5 Å². The van der Waals surface area contributed by atoms with Crippen molar-refractivity contribution in [2.24, 2.45) is 0 Å². The largest absolute Gasteiger partial charge is 0.445 e. The molecule has 3 aromatic rings. The Hall–Kier alpha value is -3.08. The molecule has 4 rings (SSSR count). The van der Waals surface area contributed by atoms with Gasteiger partial charge in [0.1, 0.15) is 0 Å². The van der Waals surface area contributed by atoms with Crippen molar-refractivity contribution in [3.8, 4) is 0 Å². The van der Waals surface area contributed by atoms with Crippen molar-refractivity contribution in [2.45, 2.75) is 38.8 Å². The molecule has 27 heavy (non-hydrogen) atoms. The Morgan fingerprint density at radius 1 is 1.22 bits per heavy atom. The van der Waals surface area contributed by atoms with Crippen molar-refractivity contribution in [3.63, 3.8) is 0 Å². The van der Waals surface area contributed by atoms with Crippen LogP contribution in [0.2, 0.25) is 0 Å². The van der Waals surface area contributed by atoms with E-state index in [1.807, 2.05) is 36.4 Å². The minimum absolute atomic E-state index is 0.322. The summed E-state index contributed by atoms with van der Waals surface area (Å²) >= 11 is 0. The summed E-state index contributed by atoms with van der Waals surface area (Å²) in [6, 6.07) is 15.1.